The summed E-state index contributed by atoms with van der Waals surface area (Å²) in [4.78, 5) is 31.3. The number of aromatic nitrogens is 2. The highest BCUT2D eigenvalue weighted by Gasteiger charge is 2.22. The molecule has 8 nitrogen and oxygen atoms in total. The van der Waals surface area contributed by atoms with Crippen LogP contribution >= 0.6 is 11.8 Å². The van der Waals surface area contributed by atoms with Gasteiger partial charge < -0.3 is 19.7 Å². The first-order valence-electron chi connectivity index (χ1n) is 10.1. The Kier molecular flexibility index (Phi) is 6.29. The Morgan fingerprint density at radius 3 is 2.93 bits per heavy atom. The van der Waals surface area contributed by atoms with E-state index in [4.69, 9.17) is 9.47 Å². The minimum absolute atomic E-state index is 0.0944. The van der Waals surface area contributed by atoms with Crippen LogP contribution in [0.3, 0.4) is 0 Å². The number of rotatable bonds is 8. The number of ether oxygens (including phenoxy) is 2. The zero-order valence-electron chi connectivity index (χ0n) is 17.3. The van der Waals surface area contributed by atoms with Gasteiger partial charge in [0.25, 0.3) is 0 Å². The Morgan fingerprint density at radius 1 is 1.27 bits per heavy atom. The van der Waals surface area contributed by atoms with Gasteiger partial charge in [0.1, 0.15) is 5.03 Å². The molecule has 1 aliphatic heterocycles. The predicted molar refractivity (Wildman–Crippen MR) is 114 cm³/mol. The Hall–Kier alpha value is -2.52. The van der Waals surface area contributed by atoms with Crippen LogP contribution in [0.15, 0.2) is 28.0 Å². The van der Waals surface area contributed by atoms with Crippen molar-refractivity contribution in [1.82, 2.24) is 19.8 Å². The summed E-state index contributed by atoms with van der Waals surface area (Å²) >= 11 is 1.34. The minimum atomic E-state index is -0.222. The van der Waals surface area contributed by atoms with E-state index in [1.807, 2.05) is 32.3 Å². The fourth-order valence-electron chi connectivity index (χ4n) is 3.67. The van der Waals surface area contributed by atoms with Crippen molar-refractivity contribution < 1.29 is 14.3 Å². The quantitative estimate of drug-likeness (QED) is 0.501. The van der Waals surface area contributed by atoms with E-state index in [0.717, 1.165) is 48.4 Å². The molecular weight excluding hydrogens is 404 g/mol. The maximum atomic E-state index is 12.6. The molecule has 2 heterocycles. The lowest BCUT2D eigenvalue weighted by atomic mass is 10.2. The molecule has 1 aromatic heterocycles. The average Bonchev–Trinajstić information content (AvgIpc) is 3.38. The van der Waals surface area contributed by atoms with Crippen LogP contribution in [0, 0.1) is 0 Å². The Labute approximate surface area is 179 Å². The van der Waals surface area contributed by atoms with Crippen LogP contribution in [0.2, 0.25) is 0 Å². The van der Waals surface area contributed by atoms with Crippen LogP contribution in [0.1, 0.15) is 23.2 Å². The highest BCUT2D eigenvalue weighted by Crippen LogP contribution is 2.32. The van der Waals surface area contributed by atoms with Crippen LogP contribution in [0.4, 0.5) is 0 Å². The van der Waals surface area contributed by atoms with Gasteiger partial charge in [-0.25, -0.2) is 4.79 Å². The van der Waals surface area contributed by atoms with E-state index in [0.29, 0.717) is 23.9 Å². The molecule has 1 N–H and O–H groups in total. The summed E-state index contributed by atoms with van der Waals surface area (Å²) in [6, 6.07) is 5.62. The Morgan fingerprint density at radius 2 is 2.10 bits per heavy atom. The third-order valence-electron chi connectivity index (χ3n) is 5.24. The van der Waals surface area contributed by atoms with Gasteiger partial charge in [0, 0.05) is 30.9 Å². The number of nitrogens with zero attached hydrogens (tertiary/aromatic N) is 3. The van der Waals surface area contributed by atoms with Crippen LogP contribution in [0.25, 0.3) is 0 Å². The van der Waals surface area contributed by atoms with Gasteiger partial charge in [0.05, 0.1) is 5.75 Å². The highest BCUT2D eigenvalue weighted by molar-refractivity contribution is 7.99. The second kappa shape index (κ2) is 9.09. The molecule has 0 fully saturated rings. The fourth-order valence-corrected chi connectivity index (χ4v) is 4.58. The van der Waals surface area contributed by atoms with Gasteiger partial charge in [-0.05, 0) is 51.1 Å². The normalized spacial score (nSPS) is 14.2. The maximum Gasteiger partial charge on any atom is 0.348 e. The summed E-state index contributed by atoms with van der Waals surface area (Å²) in [5.74, 6) is 1.56. The van der Waals surface area contributed by atoms with Gasteiger partial charge in [-0.15, -0.1) is 0 Å². The van der Waals surface area contributed by atoms with Crippen molar-refractivity contribution in [2.45, 2.75) is 37.4 Å². The number of hydrogen-bond acceptors (Lipinski definition) is 7. The van der Waals surface area contributed by atoms with Gasteiger partial charge in [0.2, 0.25) is 12.7 Å². The summed E-state index contributed by atoms with van der Waals surface area (Å²) in [7, 11) is 3.98. The minimum Gasteiger partial charge on any atom is -0.454 e. The first-order chi connectivity index (χ1) is 14.5. The van der Waals surface area contributed by atoms with Gasteiger partial charge in [-0.3, -0.25) is 9.36 Å². The molecule has 0 radical (unpaired) electrons. The molecule has 2 aromatic rings. The molecule has 0 atom stereocenters. The Balaban J connectivity index is 1.36. The van der Waals surface area contributed by atoms with Crippen molar-refractivity contribution in [2.75, 3.05) is 33.2 Å². The third-order valence-corrected chi connectivity index (χ3v) is 6.26. The van der Waals surface area contributed by atoms with Gasteiger partial charge in [0.15, 0.2) is 11.5 Å². The lowest BCUT2D eigenvalue weighted by Gasteiger charge is -2.16. The van der Waals surface area contributed by atoms with Crippen molar-refractivity contribution in [1.29, 1.82) is 0 Å². The van der Waals surface area contributed by atoms with Crippen LogP contribution in [-0.2, 0) is 30.7 Å². The van der Waals surface area contributed by atoms with E-state index >= 15 is 0 Å². The largest absolute Gasteiger partial charge is 0.454 e. The second-order valence-corrected chi connectivity index (χ2v) is 8.65. The zero-order chi connectivity index (χ0) is 21.1. The molecule has 0 saturated heterocycles. The predicted octanol–water partition coefficient (Wildman–Crippen LogP) is 1.43. The monoisotopic (exact) mass is 430 g/mol. The number of amides is 1. The molecule has 1 amide bonds. The van der Waals surface area contributed by atoms with Crippen molar-refractivity contribution in [3.63, 3.8) is 0 Å². The SMILES string of the molecule is CN(C)CCn1c2c(c(SCC(=O)NCc3ccc4c(c3)OCO4)nc1=O)CCC2. The van der Waals surface area contributed by atoms with Gasteiger partial charge in [-0.1, -0.05) is 17.8 Å². The van der Waals surface area contributed by atoms with Gasteiger partial charge >= 0.3 is 5.69 Å². The van der Waals surface area contributed by atoms with E-state index in [1.54, 1.807) is 4.57 Å². The van der Waals surface area contributed by atoms with E-state index in [2.05, 4.69) is 15.2 Å². The molecule has 2 aliphatic rings. The molecule has 0 unspecified atom stereocenters. The molecule has 4 rings (SSSR count). The number of carbonyl (C=O) groups excluding carboxylic acids is 1. The van der Waals surface area contributed by atoms with Crippen LogP contribution in [-0.4, -0.2) is 53.5 Å². The van der Waals surface area contributed by atoms with Crippen LogP contribution in [0.5, 0.6) is 11.5 Å². The summed E-state index contributed by atoms with van der Waals surface area (Å²) < 4.78 is 12.5. The Bertz CT molecular complexity index is 1010. The molecule has 30 heavy (non-hydrogen) atoms. The van der Waals surface area contributed by atoms with Crippen molar-refractivity contribution in [3.8, 4) is 11.5 Å². The van der Waals surface area contributed by atoms with Gasteiger partial charge in [-0.2, -0.15) is 4.98 Å². The highest BCUT2D eigenvalue weighted by atomic mass is 32.2. The summed E-state index contributed by atoms with van der Waals surface area (Å²) in [6.07, 6.45) is 2.82. The number of fused-ring (bicyclic) bond motifs is 2. The zero-order valence-corrected chi connectivity index (χ0v) is 18.1. The molecular formula is C21H26N4O4S. The smallest absolute Gasteiger partial charge is 0.348 e. The number of thioether (sulfide) groups is 1. The molecule has 0 saturated carbocycles. The lowest BCUT2D eigenvalue weighted by molar-refractivity contribution is -0.118. The van der Waals surface area contributed by atoms with Crippen LogP contribution < -0.4 is 20.5 Å². The van der Waals surface area contributed by atoms with E-state index in [-0.39, 0.29) is 24.1 Å². The number of hydrogen-bond donors (Lipinski definition) is 1. The first-order valence-corrected chi connectivity index (χ1v) is 11.0. The number of likely N-dealkylation sites (N-methyl/N-ethyl adjacent to an activating group) is 1. The van der Waals surface area contributed by atoms with E-state index in [9.17, 15) is 9.59 Å². The van der Waals surface area contributed by atoms with Crippen molar-refractivity contribution in [2.24, 2.45) is 0 Å². The summed E-state index contributed by atoms with van der Waals surface area (Å²) in [5.41, 5.74) is 2.93. The van der Waals surface area contributed by atoms with Crippen molar-refractivity contribution >= 4 is 17.7 Å². The van der Waals surface area contributed by atoms with E-state index < -0.39 is 0 Å². The molecule has 160 valence electrons. The lowest BCUT2D eigenvalue weighted by Crippen LogP contribution is -2.31. The number of nitrogens with one attached hydrogen (secondary N) is 1. The molecule has 9 heteroatoms. The summed E-state index contributed by atoms with van der Waals surface area (Å²) in [5, 5.41) is 3.61. The third kappa shape index (κ3) is 4.62. The molecule has 1 aliphatic carbocycles. The average molecular weight is 431 g/mol. The maximum absolute atomic E-state index is 12.6. The van der Waals surface area contributed by atoms with E-state index in [1.165, 1.54) is 11.8 Å². The van der Waals surface area contributed by atoms with Crippen molar-refractivity contribution in [3.05, 3.63) is 45.5 Å². The number of benzene rings is 1. The topological polar surface area (TPSA) is 85.7 Å². The first kappa shape index (κ1) is 20.7. The number of carbonyl (C=O) groups is 1. The molecule has 1 aromatic carbocycles. The molecule has 0 bridgehead atoms. The molecule has 0 spiro atoms. The standard InChI is InChI=1S/C21H26N4O4S/c1-24(2)8-9-25-16-5-3-4-15(16)20(23-21(25)27)30-12-19(26)22-11-14-6-7-17-18(10-14)29-13-28-17/h6-7,10H,3-5,8-9,11-13H2,1-2H3,(H,22,26). The fraction of sp³-hybridized carbons (Fsp3) is 0.476. The second-order valence-electron chi connectivity index (χ2n) is 7.69. The summed E-state index contributed by atoms with van der Waals surface area (Å²) in [6.45, 7) is 2.08.